The molecule has 7 heteroatoms. The molecule has 0 spiro atoms. The second-order valence-corrected chi connectivity index (χ2v) is 5.81. The third-order valence-electron chi connectivity index (χ3n) is 4.19. The SMILES string of the molecule is CCc1ccc(Nc2cnnc(N3CCN(C(C)=O)CC3)n2)cc1. The summed E-state index contributed by atoms with van der Waals surface area (Å²) in [5, 5.41) is 11.4. The summed E-state index contributed by atoms with van der Waals surface area (Å²) >= 11 is 0. The lowest BCUT2D eigenvalue weighted by molar-refractivity contribution is -0.129. The van der Waals surface area contributed by atoms with Crippen molar-refractivity contribution in [3.63, 3.8) is 0 Å². The van der Waals surface area contributed by atoms with Crippen LogP contribution in [0.5, 0.6) is 0 Å². The summed E-state index contributed by atoms with van der Waals surface area (Å²) in [5.74, 6) is 1.37. The molecular weight excluding hydrogens is 304 g/mol. The van der Waals surface area contributed by atoms with Gasteiger partial charge < -0.3 is 15.1 Å². The Kier molecular flexibility index (Phi) is 4.88. The predicted octanol–water partition coefficient (Wildman–Crippen LogP) is 1.85. The lowest BCUT2D eigenvalue weighted by Crippen LogP contribution is -2.48. The molecule has 2 aromatic rings. The second-order valence-electron chi connectivity index (χ2n) is 5.81. The van der Waals surface area contributed by atoms with Crippen molar-refractivity contribution in [2.24, 2.45) is 0 Å². The van der Waals surface area contributed by atoms with Crippen LogP contribution in [0, 0.1) is 0 Å². The zero-order valence-corrected chi connectivity index (χ0v) is 14.1. The number of hydrogen-bond acceptors (Lipinski definition) is 6. The maximum atomic E-state index is 11.4. The first kappa shape index (κ1) is 16.2. The van der Waals surface area contributed by atoms with E-state index in [4.69, 9.17) is 0 Å². The van der Waals surface area contributed by atoms with Crippen molar-refractivity contribution in [2.75, 3.05) is 36.4 Å². The van der Waals surface area contributed by atoms with E-state index in [0.29, 0.717) is 24.9 Å². The van der Waals surface area contributed by atoms with Gasteiger partial charge in [-0.1, -0.05) is 19.1 Å². The van der Waals surface area contributed by atoms with Crippen LogP contribution >= 0.6 is 0 Å². The molecule has 0 saturated carbocycles. The topological polar surface area (TPSA) is 74.2 Å². The van der Waals surface area contributed by atoms with E-state index in [1.54, 1.807) is 13.1 Å². The Balaban J connectivity index is 1.66. The summed E-state index contributed by atoms with van der Waals surface area (Å²) in [6, 6.07) is 8.26. The Bertz CT molecular complexity index is 694. The molecule has 7 nitrogen and oxygen atoms in total. The van der Waals surface area contributed by atoms with Crippen molar-refractivity contribution in [1.29, 1.82) is 0 Å². The van der Waals surface area contributed by atoms with Gasteiger partial charge in [-0.2, -0.15) is 10.1 Å². The molecule has 126 valence electrons. The van der Waals surface area contributed by atoms with Gasteiger partial charge in [0.1, 0.15) is 0 Å². The third-order valence-corrected chi connectivity index (χ3v) is 4.19. The van der Waals surface area contributed by atoms with Crippen LogP contribution in [-0.4, -0.2) is 52.2 Å². The van der Waals surface area contributed by atoms with Gasteiger partial charge in [-0.25, -0.2) is 0 Å². The Morgan fingerprint density at radius 3 is 2.50 bits per heavy atom. The van der Waals surface area contributed by atoms with Crippen LogP contribution in [0.4, 0.5) is 17.5 Å². The number of amides is 1. The average Bonchev–Trinajstić information content (AvgIpc) is 2.63. The first-order chi connectivity index (χ1) is 11.7. The van der Waals surface area contributed by atoms with Crippen LogP contribution in [0.2, 0.25) is 0 Å². The van der Waals surface area contributed by atoms with E-state index in [9.17, 15) is 4.79 Å². The number of piperazine rings is 1. The van der Waals surface area contributed by atoms with Crippen molar-refractivity contribution in [1.82, 2.24) is 20.1 Å². The number of nitrogens with one attached hydrogen (secondary N) is 1. The first-order valence-electron chi connectivity index (χ1n) is 8.22. The van der Waals surface area contributed by atoms with E-state index >= 15 is 0 Å². The van der Waals surface area contributed by atoms with Crippen molar-refractivity contribution < 1.29 is 4.79 Å². The molecule has 1 N–H and O–H groups in total. The maximum Gasteiger partial charge on any atom is 0.247 e. The van der Waals surface area contributed by atoms with E-state index in [0.717, 1.165) is 25.2 Å². The minimum absolute atomic E-state index is 0.111. The Morgan fingerprint density at radius 1 is 1.17 bits per heavy atom. The summed E-state index contributed by atoms with van der Waals surface area (Å²) in [7, 11) is 0. The molecule has 1 aliphatic rings. The number of hydrogen-bond donors (Lipinski definition) is 1. The molecule has 0 atom stereocenters. The number of rotatable bonds is 4. The molecule has 1 saturated heterocycles. The molecule has 1 aliphatic heterocycles. The number of carbonyl (C=O) groups is 1. The molecule has 0 aliphatic carbocycles. The Labute approximate surface area is 141 Å². The minimum Gasteiger partial charge on any atom is -0.339 e. The van der Waals surface area contributed by atoms with Gasteiger partial charge >= 0.3 is 0 Å². The highest BCUT2D eigenvalue weighted by molar-refractivity contribution is 5.73. The van der Waals surface area contributed by atoms with E-state index in [2.05, 4.69) is 44.5 Å². The van der Waals surface area contributed by atoms with Crippen LogP contribution in [0.1, 0.15) is 19.4 Å². The third kappa shape index (κ3) is 3.79. The highest BCUT2D eigenvalue weighted by Gasteiger charge is 2.20. The molecule has 1 amide bonds. The lowest BCUT2D eigenvalue weighted by Gasteiger charge is -2.33. The highest BCUT2D eigenvalue weighted by Crippen LogP contribution is 2.17. The lowest BCUT2D eigenvalue weighted by atomic mass is 10.1. The molecule has 0 radical (unpaired) electrons. The van der Waals surface area contributed by atoms with E-state index in [1.807, 2.05) is 17.0 Å². The summed E-state index contributed by atoms with van der Waals surface area (Å²) < 4.78 is 0. The van der Waals surface area contributed by atoms with Crippen LogP contribution < -0.4 is 10.2 Å². The summed E-state index contributed by atoms with van der Waals surface area (Å²) in [6.45, 7) is 6.55. The van der Waals surface area contributed by atoms with Crippen molar-refractivity contribution in [2.45, 2.75) is 20.3 Å². The second kappa shape index (κ2) is 7.25. The molecule has 3 rings (SSSR count). The standard InChI is InChI=1S/C17H22N6O/c1-3-14-4-6-15(7-5-14)19-16-12-18-21-17(20-16)23-10-8-22(9-11-23)13(2)24/h4-7,12H,3,8-11H2,1-2H3,(H,19,20,21). The van der Waals surface area contributed by atoms with E-state index in [1.165, 1.54) is 5.56 Å². The molecule has 1 fully saturated rings. The number of benzene rings is 1. The van der Waals surface area contributed by atoms with Crippen molar-refractivity contribution in [3.05, 3.63) is 36.0 Å². The van der Waals surface area contributed by atoms with Gasteiger partial charge in [-0.05, 0) is 24.1 Å². The molecule has 0 bridgehead atoms. The zero-order valence-electron chi connectivity index (χ0n) is 14.1. The van der Waals surface area contributed by atoms with Gasteiger partial charge in [0, 0.05) is 38.8 Å². The van der Waals surface area contributed by atoms with Gasteiger partial charge in [0.15, 0.2) is 5.82 Å². The van der Waals surface area contributed by atoms with Crippen molar-refractivity contribution >= 4 is 23.4 Å². The molecule has 1 aromatic carbocycles. The highest BCUT2D eigenvalue weighted by atomic mass is 16.2. The molecular formula is C17H22N6O. The molecule has 1 aromatic heterocycles. The Morgan fingerprint density at radius 2 is 1.88 bits per heavy atom. The van der Waals surface area contributed by atoms with E-state index < -0.39 is 0 Å². The predicted molar refractivity (Wildman–Crippen MR) is 93.4 cm³/mol. The van der Waals surface area contributed by atoms with E-state index in [-0.39, 0.29) is 5.91 Å². The normalized spacial score (nSPS) is 14.6. The summed E-state index contributed by atoms with van der Waals surface area (Å²) in [5.41, 5.74) is 2.27. The zero-order chi connectivity index (χ0) is 16.9. The largest absolute Gasteiger partial charge is 0.339 e. The number of nitrogens with zero attached hydrogens (tertiary/aromatic N) is 5. The smallest absolute Gasteiger partial charge is 0.247 e. The number of anilines is 3. The fourth-order valence-electron chi connectivity index (χ4n) is 2.68. The minimum atomic E-state index is 0.111. The quantitative estimate of drug-likeness (QED) is 0.924. The maximum absolute atomic E-state index is 11.4. The molecule has 2 heterocycles. The summed E-state index contributed by atoms with van der Waals surface area (Å²) in [6.07, 6.45) is 2.63. The van der Waals surface area contributed by atoms with Crippen LogP contribution in [0.25, 0.3) is 0 Å². The van der Waals surface area contributed by atoms with Gasteiger partial charge in [0.25, 0.3) is 0 Å². The van der Waals surface area contributed by atoms with Gasteiger partial charge in [-0.3, -0.25) is 4.79 Å². The monoisotopic (exact) mass is 326 g/mol. The molecule has 0 unspecified atom stereocenters. The number of carbonyl (C=O) groups excluding carboxylic acids is 1. The average molecular weight is 326 g/mol. The molecule has 24 heavy (non-hydrogen) atoms. The van der Waals surface area contributed by atoms with Crippen molar-refractivity contribution in [3.8, 4) is 0 Å². The van der Waals surface area contributed by atoms with Gasteiger partial charge in [0.05, 0.1) is 6.20 Å². The number of aryl methyl sites for hydroxylation is 1. The fraction of sp³-hybridized carbons (Fsp3) is 0.412. The first-order valence-corrected chi connectivity index (χ1v) is 8.22. The van der Waals surface area contributed by atoms with Crippen LogP contribution in [-0.2, 0) is 11.2 Å². The van der Waals surface area contributed by atoms with Crippen LogP contribution in [0.15, 0.2) is 30.5 Å². The fourth-order valence-corrected chi connectivity index (χ4v) is 2.68. The van der Waals surface area contributed by atoms with Gasteiger partial charge in [-0.15, -0.1) is 5.10 Å². The Hall–Kier alpha value is -2.70. The van der Waals surface area contributed by atoms with Gasteiger partial charge in [0.2, 0.25) is 11.9 Å². The van der Waals surface area contributed by atoms with Crippen LogP contribution in [0.3, 0.4) is 0 Å². The number of aromatic nitrogens is 3. The summed E-state index contributed by atoms with van der Waals surface area (Å²) in [4.78, 5) is 19.8.